The summed E-state index contributed by atoms with van der Waals surface area (Å²) >= 11 is 1.65. The van der Waals surface area contributed by atoms with Gasteiger partial charge in [-0.3, -0.25) is 0 Å². The van der Waals surface area contributed by atoms with E-state index in [9.17, 15) is 0 Å². The summed E-state index contributed by atoms with van der Waals surface area (Å²) in [7, 11) is 0. The summed E-state index contributed by atoms with van der Waals surface area (Å²) in [6.07, 6.45) is 0. The molecule has 0 aliphatic heterocycles. The molecule has 3 nitrogen and oxygen atoms in total. The van der Waals surface area contributed by atoms with Crippen LogP contribution in [-0.4, -0.2) is 16.7 Å². The Morgan fingerprint density at radius 3 is 2.69 bits per heavy atom. The average molecular weight is 233 g/mol. The maximum Gasteiger partial charge on any atom is 0.147 e. The zero-order chi connectivity index (χ0) is 11.4. The van der Waals surface area contributed by atoms with Gasteiger partial charge in [-0.15, -0.1) is 10.2 Å². The van der Waals surface area contributed by atoms with E-state index in [4.69, 9.17) is 0 Å². The van der Waals surface area contributed by atoms with Crippen LogP contribution in [0, 0.1) is 0 Å². The smallest absolute Gasteiger partial charge is 0.147 e. The highest BCUT2D eigenvalue weighted by molar-refractivity contribution is 7.14. The van der Waals surface area contributed by atoms with Crippen LogP contribution in [0.25, 0.3) is 10.6 Å². The molecule has 0 bridgehead atoms. The predicted octanol–water partition coefficient (Wildman–Crippen LogP) is 2.88. The predicted molar refractivity (Wildman–Crippen MR) is 67.4 cm³/mol. The minimum absolute atomic E-state index is 0.278. The topological polar surface area (TPSA) is 37.8 Å². The van der Waals surface area contributed by atoms with Gasteiger partial charge >= 0.3 is 0 Å². The largest absolute Gasteiger partial charge is 0.308 e. The fourth-order valence-corrected chi connectivity index (χ4v) is 2.38. The molecule has 0 radical (unpaired) electrons. The fraction of sp³-hybridized carbons (Fsp3) is 0.333. The van der Waals surface area contributed by atoms with Gasteiger partial charge in [0.2, 0.25) is 0 Å². The molecule has 0 amide bonds. The van der Waals surface area contributed by atoms with E-state index < -0.39 is 0 Å². The molecule has 0 aliphatic carbocycles. The first kappa shape index (κ1) is 11.2. The molecule has 2 rings (SSSR count). The molecule has 2 aromatic rings. The van der Waals surface area contributed by atoms with Crippen molar-refractivity contribution in [2.75, 3.05) is 6.54 Å². The van der Waals surface area contributed by atoms with Gasteiger partial charge in [-0.25, -0.2) is 0 Å². The Morgan fingerprint density at radius 1 is 1.25 bits per heavy atom. The number of nitrogens with one attached hydrogen (secondary N) is 1. The Labute approximate surface area is 99.5 Å². The van der Waals surface area contributed by atoms with E-state index in [0.717, 1.165) is 22.1 Å². The number of benzene rings is 1. The van der Waals surface area contributed by atoms with E-state index in [1.54, 1.807) is 11.3 Å². The van der Waals surface area contributed by atoms with Crippen molar-refractivity contribution in [3.05, 3.63) is 35.3 Å². The summed E-state index contributed by atoms with van der Waals surface area (Å²) in [5.41, 5.74) is 1.13. The fourth-order valence-electron chi connectivity index (χ4n) is 1.50. The van der Waals surface area contributed by atoms with Crippen molar-refractivity contribution in [2.45, 2.75) is 19.9 Å². The Morgan fingerprint density at radius 2 is 2.00 bits per heavy atom. The second-order valence-electron chi connectivity index (χ2n) is 3.59. The lowest BCUT2D eigenvalue weighted by atomic mass is 10.2. The van der Waals surface area contributed by atoms with Crippen molar-refractivity contribution in [1.29, 1.82) is 0 Å². The second-order valence-corrected chi connectivity index (χ2v) is 4.60. The molecule has 1 atom stereocenters. The van der Waals surface area contributed by atoms with Crippen molar-refractivity contribution in [2.24, 2.45) is 0 Å². The van der Waals surface area contributed by atoms with Crippen LogP contribution in [-0.2, 0) is 0 Å². The molecule has 16 heavy (non-hydrogen) atoms. The highest BCUT2D eigenvalue weighted by Crippen LogP contribution is 2.26. The monoisotopic (exact) mass is 233 g/mol. The van der Waals surface area contributed by atoms with Gasteiger partial charge in [-0.2, -0.15) is 0 Å². The lowest BCUT2D eigenvalue weighted by molar-refractivity contribution is 0.590. The maximum atomic E-state index is 4.22. The van der Waals surface area contributed by atoms with Crippen LogP contribution >= 0.6 is 11.3 Å². The van der Waals surface area contributed by atoms with E-state index in [-0.39, 0.29) is 6.04 Å². The Hall–Kier alpha value is -1.26. The van der Waals surface area contributed by atoms with Gasteiger partial charge in [-0.1, -0.05) is 48.6 Å². The molecular weight excluding hydrogens is 218 g/mol. The highest BCUT2D eigenvalue weighted by atomic mass is 32.1. The van der Waals surface area contributed by atoms with Crippen molar-refractivity contribution >= 4 is 11.3 Å². The zero-order valence-electron chi connectivity index (χ0n) is 9.47. The van der Waals surface area contributed by atoms with Crippen LogP contribution < -0.4 is 5.32 Å². The third kappa shape index (κ3) is 2.46. The van der Waals surface area contributed by atoms with Crippen molar-refractivity contribution < 1.29 is 0 Å². The minimum Gasteiger partial charge on any atom is -0.308 e. The average Bonchev–Trinajstić information content (AvgIpc) is 2.80. The lowest BCUT2D eigenvalue weighted by Crippen LogP contribution is -2.17. The highest BCUT2D eigenvalue weighted by Gasteiger charge is 2.11. The minimum atomic E-state index is 0.278. The van der Waals surface area contributed by atoms with Crippen LogP contribution in [0.4, 0.5) is 0 Å². The molecule has 84 valence electrons. The number of aromatic nitrogens is 2. The van der Waals surface area contributed by atoms with Crippen LogP contribution in [0.15, 0.2) is 30.3 Å². The lowest BCUT2D eigenvalue weighted by Gasteiger charge is -2.06. The maximum absolute atomic E-state index is 4.22. The first-order valence-corrected chi connectivity index (χ1v) is 6.25. The number of rotatable bonds is 4. The standard InChI is InChI=1S/C12H15N3S/c1-3-13-9(2)11-14-15-12(16-11)10-7-5-4-6-8-10/h4-9,13H,3H2,1-2H3. The summed E-state index contributed by atoms with van der Waals surface area (Å²) in [4.78, 5) is 0. The molecule has 1 aromatic carbocycles. The second kappa shape index (κ2) is 5.18. The van der Waals surface area contributed by atoms with Crippen LogP contribution in [0.5, 0.6) is 0 Å². The first-order chi connectivity index (χ1) is 7.81. The zero-order valence-corrected chi connectivity index (χ0v) is 10.3. The normalized spacial score (nSPS) is 12.6. The molecule has 0 fully saturated rings. The summed E-state index contributed by atoms with van der Waals surface area (Å²) in [5.74, 6) is 0. The molecule has 1 heterocycles. The summed E-state index contributed by atoms with van der Waals surface area (Å²) in [6, 6.07) is 10.4. The van der Waals surface area contributed by atoms with Gasteiger partial charge in [0.25, 0.3) is 0 Å². The van der Waals surface area contributed by atoms with Gasteiger partial charge in [-0.05, 0) is 13.5 Å². The van der Waals surface area contributed by atoms with Crippen molar-refractivity contribution in [1.82, 2.24) is 15.5 Å². The molecule has 0 spiro atoms. The van der Waals surface area contributed by atoms with Gasteiger partial charge in [0.05, 0.1) is 6.04 Å². The molecule has 1 N–H and O–H groups in total. The first-order valence-electron chi connectivity index (χ1n) is 5.43. The van der Waals surface area contributed by atoms with Crippen molar-refractivity contribution in [3.8, 4) is 10.6 Å². The summed E-state index contributed by atoms with van der Waals surface area (Å²) in [5, 5.41) is 13.8. The Balaban J connectivity index is 2.20. The SMILES string of the molecule is CCNC(C)c1nnc(-c2ccccc2)s1. The Kier molecular flexibility index (Phi) is 3.64. The molecule has 4 heteroatoms. The molecular formula is C12H15N3S. The number of hydrogen-bond donors (Lipinski definition) is 1. The number of nitrogens with zero attached hydrogens (tertiary/aromatic N) is 2. The molecule has 0 saturated carbocycles. The molecule has 1 unspecified atom stereocenters. The van der Waals surface area contributed by atoms with E-state index in [0.29, 0.717) is 0 Å². The third-order valence-electron chi connectivity index (χ3n) is 2.34. The third-order valence-corrected chi connectivity index (χ3v) is 3.50. The van der Waals surface area contributed by atoms with Gasteiger partial charge in [0.15, 0.2) is 0 Å². The Bertz CT molecular complexity index is 439. The van der Waals surface area contributed by atoms with E-state index in [2.05, 4.69) is 41.5 Å². The van der Waals surface area contributed by atoms with Crippen molar-refractivity contribution in [3.63, 3.8) is 0 Å². The summed E-state index contributed by atoms with van der Waals surface area (Å²) < 4.78 is 0. The van der Waals surface area contributed by atoms with Gasteiger partial charge in [0, 0.05) is 5.56 Å². The van der Waals surface area contributed by atoms with E-state index >= 15 is 0 Å². The molecule has 1 aromatic heterocycles. The quantitative estimate of drug-likeness (QED) is 0.882. The van der Waals surface area contributed by atoms with E-state index in [1.165, 1.54) is 0 Å². The van der Waals surface area contributed by atoms with Crippen LogP contribution in [0.2, 0.25) is 0 Å². The number of hydrogen-bond acceptors (Lipinski definition) is 4. The van der Waals surface area contributed by atoms with Gasteiger partial charge < -0.3 is 5.32 Å². The molecule has 0 aliphatic rings. The molecule has 0 saturated heterocycles. The van der Waals surface area contributed by atoms with E-state index in [1.807, 2.05) is 18.2 Å². The summed E-state index contributed by atoms with van der Waals surface area (Å²) in [6.45, 7) is 5.15. The van der Waals surface area contributed by atoms with Crippen LogP contribution in [0.1, 0.15) is 24.9 Å². The van der Waals surface area contributed by atoms with Crippen LogP contribution in [0.3, 0.4) is 0 Å². The van der Waals surface area contributed by atoms with Gasteiger partial charge in [0.1, 0.15) is 10.0 Å².